The Morgan fingerprint density at radius 2 is 2.04 bits per heavy atom. The molecule has 4 aromatic rings. The van der Waals surface area contributed by atoms with Gasteiger partial charge in [0, 0.05) is 18.0 Å². The van der Waals surface area contributed by atoms with E-state index >= 15 is 0 Å². The molecular formula is C20H16ClN5O. The second kappa shape index (κ2) is 6.81. The molecule has 1 amide bonds. The molecule has 0 radical (unpaired) electrons. The molecule has 0 fully saturated rings. The Bertz CT molecular complexity index is 1340. The number of rotatable bonds is 3. The topological polar surface area (TPSA) is 72.7 Å². The smallest absolute Gasteiger partial charge is 0.258 e. The Morgan fingerprint density at radius 3 is 2.81 bits per heavy atom. The summed E-state index contributed by atoms with van der Waals surface area (Å²) in [5.74, 6) is 0.198. The van der Waals surface area contributed by atoms with Crippen LogP contribution in [0.3, 0.4) is 0 Å². The summed E-state index contributed by atoms with van der Waals surface area (Å²) in [6.45, 7) is 1.91. The van der Waals surface area contributed by atoms with Crippen molar-refractivity contribution in [3.8, 4) is 11.3 Å². The maximum absolute atomic E-state index is 12.7. The Labute approximate surface area is 166 Å². The standard InChI is InChI=1S/C20H16ClN5O/c1-12-22-11-18(26(12)2)13-7-8-17-14(9-13)10-19(25-24-17)23-20(27)15-5-3-4-6-16(15)21/h3-11H,1-2H3,(H,23,25,27)/i3D,4D,5D,6D. The molecule has 4 rings (SSSR count). The van der Waals surface area contributed by atoms with E-state index in [0.29, 0.717) is 5.52 Å². The van der Waals surface area contributed by atoms with Gasteiger partial charge in [-0.3, -0.25) is 4.79 Å². The van der Waals surface area contributed by atoms with Gasteiger partial charge < -0.3 is 9.88 Å². The number of nitrogens with zero attached hydrogens (tertiary/aromatic N) is 4. The molecule has 0 unspecified atom stereocenters. The third kappa shape index (κ3) is 3.27. The van der Waals surface area contributed by atoms with Crippen LogP contribution in [0.1, 0.15) is 21.7 Å². The number of hydrogen-bond acceptors (Lipinski definition) is 4. The number of aromatic nitrogens is 4. The minimum absolute atomic E-state index is 0.124. The Hall–Kier alpha value is -3.25. The highest BCUT2D eigenvalue weighted by Gasteiger charge is 2.12. The highest BCUT2D eigenvalue weighted by Crippen LogP contribution is 2.25. The van der Waals surface area contributed by atoms with Gasteiger partial charge >= 0.3 is 0 Å². The van der Waals surface area contributed by atoms with Crippen LogP contribution in [0.2, 0.25) is 5.02 Å². The Balaban J connectivity index is 1.71. The average Bonchev–Trinajstić information content (AvgIpc) is 3.09. The number of carbonyl (C=O) groups excluding carboxylic acids is 1. The minimum atomic E-state index is -0.802. The highest BCUT2D eigenvalue weighted by molar-refractivity contribution is 6.34. The van der Waals surface area contributed by atoms with Gasteiger partial charge in [0.1, 0.15) is 5.82 Å². The maximum Gasteiger partial charge on any atom is 0.258 e. The zero-order valence-electron chi connectivity index (χ0n) is 18.5. The third-order valence-electron chi connectivity index (χ3n) is 4.21. The SMILES string of the molecule is [2H]c1c([2H])c([2H])c(C(=O)Nc2cc3cc(-c4cnc(C)n4C)ccc3nn2)c(Cl)c1[2H]. The van der Waals surface area contributed by atoms with Gasteiger partial charge in [-0.05, 0) is 37.2 Å². The van der Waals surface area contributed by atoms with Gasteiger partial charge in [0.2, 0.25) is 0 Å². The number of aryl methyl sites for hydroxylation is 1. The number of nitrogens with one attached hydrogen (secondary N) is 1. The number of benzene rings is 2. The normalized spacial score (nSPS) is 13.0. The van der Waals surface area contributed by atoms with E-state index in [2.05, 4.69) is 20.5 Å². The maximum atomic E-state index is 12.7. The molecule has 0 aliphatic heterocycles. The van der Waals surface area contributed by atoms with Crippen LogP contribution < -0.4 is 5.32 Å². The first-order valence-corrected chi connectivity index (χ1v) is 8.40. The first kappa shape index (κ1) is 13.0. The summed E-state index contributed by atoms with van der Waals surface area (Å²) >= 11 is 6.02. The zero-order valence-corrected chi connectivity index (χ0v) is 15.2. The molecule has 6 nitrogen and oxygen atoms in total. The van der Waals surface area contributed by atoms with Crippen LogP contribution in [0.25, 0.3) is 22.2 Å². The monoisotopic (exact) mass is 381 g/mol. The van der Waals surface area contributed by atoms with Crippen LogP contribution >= 0.6 is 11.6 Å². The van der Waals surface area contributed by atoms with Gasteiger partial charge in [-0.1, -0.05) is 29.8 Å². The van der Waals surface area contributed by atoms with Crippen LogP contribution in [0.15, 0.2) is 54.6 Å². The van der Waals surface area contributed by atoms with Crippen molar-refractivity contribution in [1.29, 1.82) is 0 Å². The van der Waals surface area contributed by atoms with E-state index in [1.807, 2.05) is 36.7 Å². The van der Waals surface area contributed by atoms with Crippen molar-refractivity contribution in [1.82, 2.24) is 19.7 Å². The Morgan fingerprint density at radius 1 is 1.22 bits per heavy atom. The fourth-order valence-corrected chi connectivity index (χ4v) is 2.85. The van der Waals surface area contributed by atoms with E-state index in [-0.39, 0.29) is 16.4 Å². The van der Waals surface area contributed by atoms with Gasteiger partial charge in [0.25, 0.3) is 5.91 Å². The van der Waals surface area contributed by atoms with Crippen LogP contribution in [0.5, 0.6) is 0 Å². The van der Waals surface area contributed by atoms with Crippen molar-refractivity contribution < 1.29 is 10.3 Å². The summed E-state index contributed by atoms with van der Waals surface area (Å²) in [5.41, 5.74) is 2.11. The van der Waals surface area contributed by atoms with E-state index < -0.39 is 30.1 Å². The fourth-order valence-electron chi connectivity index (χ4n) is 2.67. The van der Waals surface area contributed by atoms with Crippen molar-refractivity contribution >= 4 is 34.2 Å². The molecule has 2 heterocycles. The molecule has 0 bridgehead atoms. The van der Waals surface area contributed by atoms with Gasteiger partial charge in [0.15, 0.2) is 5.82 Å². The molecule has 0 saturated carbocycles. The van der Waals surface area contributed by atoms with E-state index in [1.54, 1.807) is 12.3 Å². The summed E-state index contributed by atoms with van der Waals surface area (Å²) in [5, 5.41) is 11.0. The van der Waals surface area contributed by atoms with Gasteiger partial charge in [0.05, 0.1) is 33.5 Å². The first-order valence-electron chi connectivity index (χ1n) is 10.0. The molecule has 27 heavy (non-hydrogen) atoms. The molecule has 7 heteroatoms. The molecule has 0 atom stereocenters. The predicted octanol–water partition coefficient (Wildman–Crippen LogP) is 4.24. The number of halogens is 1. The largest absolute Gasteiger partial charge is 0.331 e. The molecule has 134 valence electrons. The number of amides is 1. The quantitative estimate of drug-likeness (QED) is 0.576. The third-order valence-corrected chi connectivity index (χ3v) is 4.50. The number of imidazole rings is 1. The average molecular weight is 382 g/mol. The molecule has 0 aliphatic rings. The lowest BCUT2D eigenvalue weighted by molar-refractivity contribution is 0.102. The second-order valence-electron chi connectivity index (χ2n) is 5.90. The van der Waals surface area contributed by atoms with E-state index in [0.717, 1.165) is 22.5 Å². The molecule has 0 saturated heterocycles. The lowest BCUT2D eigenvalue weighted by Crippen LogP contribution is -2.13. The molecule has 2 aromatic carbocycles. The summed E-state index contributed by atoms with van der Waals surface area (Å²) in [4.78, 5) is 17.0. The summed E-state index contributed by atoms with van der Waals surface area (Å²) in [7, 11) is 1.92. The van der Waals surface area contributed by atoms with Crippen LogP contribution in [-0.4, -0.2) is 25.7 Å². The van der Waals surface area contributed by atoms with Crippen molar-refractivity contribution in [3.05, 3.63) is 71.0 Å². The second-order valence-corrected chi connectivity index (χ2v) is 6.27. The predicted molar refractivity (Wildman–Crippen MR) is 106 cm³/mol. The molecule has 1 N–H and O–H groups in total. The van der Waals surface area contributed by atoms with Crippen molar-refractivity contribution in [2.45, 2.75) is 6.92 Å². The van der Waals surface area contributed by atoms with Gasteiger partial charge in [-0.15, -0.1) is 10.2 Å². The van der Waals surface area contributed by atoms with Crippen LogP contribution in [0, 0.1) is 6.92 Å². The number of fused-ring (bicyclic) bond motifs is 1. The summed E-state index contributed by atoms with van der Waals surface area (Å²) in [6, 6.07) is 5.21. The Kier molecular flexibility index (Phi) is 3.28. The van der Waals surface area contributed by atoms with Crippen LogP contribution in [-0.2, 0) is 7.05 Å². The fraction of sp³-hybridized carbons (Fsp3) is 0.100. The number of anilines is 1. The highest BCUT2D eigenvalue weighted by atomic mass is 35.5. The summed E-state index contributed by atoms with van der Waals surface area (Å²) < 4.78 is 33.1. The molecule has 0 aliphatic carbocycles. The van der Waals surface area contributed by atoms with E-state index in [1.165, 1.54) is 0 Å². The molecule has 0 spiro atoms. The number of carbonyl (C=O) groups is 1. The first-order chi connectivity index (χ1) is 14.7. The van der Waals surface area contributed by atoms with E-state index in [4.69, 9.17) is 17.1 Å². The van der Waals surface area contributed by atoms with Crippen molar-refractivity contribution in [3.63, 3.8) is 0 Å². The van der Waals surface area contributed by atoms with Crippen molar-refractivity contribution in [2.24, 2.45) is 7.05 Å². The van der Waals surface area contributed by atoms with Crippen LogP contribution in [0.4, 0.5) is 5.82 Å². The lowest BCUT2D eigenvalue weighted by Gasteiger charge is -2.08. The number of hydrogen-bond donors (Lipinski definition) is 1. The minimum Gasteiger partial charge on any atom is -0.331 e. The van der Waals surface area contributed by atoms with Gasteiger partial charge in [-0.25, -0.2) is 4.98 Å². The summed E-state index contributed by atoms with van der Waals surface area (Å²) in [6.07, 6.45) is 1.78. The van der Waals surface area contributed by atoms with Crippen molar-refractivity contribution in [2.75, 3.05) is 5.32 Å². The lowest BCUT2D eigenvalue weighted by atomic mass is 10.1. The molecular weight excluding hydrogens is 362 g/mol. The van der Waals surface area contributed by atoms with Gasteiger partial charge in [-0.2, -0.15) is 0 Å². The zero-order chi connectivity index (χ0) is 22.4. The van der Waals surface area contributed by atoms with E-state index in [9.17, 15) is 4.79 Å². The molecule has 2 aromatic heterocycles.